The molecule has 1 aromatic carbocycles. The summed E-state index contributed by atoms with van der Waals surface area (Å²) in [5.74, 6) is 0.163. The number of nitrogens with one attached hydrogen (secondary N) is 1. The standard InChI is InChI=1S/C20H32N4O/c1-16(2)22-11-13-23(14-12-22)19-8-6-17(7-9-19)20(25)24-10-4-5-18(15-24)21-3/h6-9,16,18,21H,4-5,10-15H2,1-3H3. The van der Waals surface area contributed by atoms with Crippen LogP contribution in [-0.2, 0) is 0 Å². The van der Waals surface area contributed by atoms with Gasteiger partial charge in [-0.25, -0.2) is 0 Å². The first-order valence-corrected chi connectivity index (χ1v) is 9.64. The maximum atomic E-state index is 12.7. The second kappa shape index (κ2) is 8.19. The number of amides is 1. The lowest BCUT2D eigenvalue weighted by Crippen LogP contribution is -2.49. The van der Waals surface area contributed by atoms with Crippen molar-refractivity contribution in [3.63, 3.8) is 0 Å². The highest BCUT2D eigenvalue weighted by atomic mass is 16.2. The molecule has 25 heavy (non-hydrogen) atoms. The van der Waals surface area contributed by atoms with Crippen molar-refractivity contribution in [2.45, 2.75) is 38.8 Å². The summed E-state index contributed by atoms with van der Waals surface area (Å²) in [6.07, 6.45) is 2.23. The van der Waals surface area contributed by atoms with Crippen LogP contribution in [0.5, 0.6) is 0 Å². The van der Waals surface area contributed by atoms with Gasteiger partial charge in [-0.2, -0.15) is 0 Å². The molecule has 5 nitrogen and oxygen atoms in total. The number of carbonyl (C=O) groups is 1. The topological polar surface area (TPSA) is 38.8 Å². The summed E-state index contributed by atoms with van der Waals surface area (Å²) in [4.78, 5) is 19.7. The molecule has 0 bridgehead atoms. The van der Waals surface area contributed by atoms with Gasteiger partial charge in [0.05, 0.1) is 0 Å². The Morgan fingerprint density at radius 3 is 2.36 bits per heavy atom. The molecule has 1 unspecified atom stereocenters. The normalized spacial score (nSPS) is 22.5. The zero-order chi connectivity index (χ0) is 17.8. The first-order chi connectivity index (χ1) is 12.1. The van der Waals surface area contributed by atoms with Gasteiger partial charge in [0.25, 0.3) is 5.91 Å². The SMILES string of the molecule is CNC1CCCN(C(=O)c2ccc(N3CCN(C(C)C)CC3)cc2)C1. The zero-order valence-corrected chi connectivity index (χ0v) is 15.9. The van der Waals surface area contributed by atoms with E-state index in [1.165, 1.54) is 5.69 Å². The first kappa shape index (κ1) is 18.2. The van der Waals surface area contributed by atoms with Crippen molar-refractivity contribution in [2.24, 2.45) is 0 Å². The van der Waals surface area contributed by atoms with E-state index in [-0.39, 0.29) is 5.91 Å². The number of hydrogen-bond donors (Lipinski definition) is 1. The number of piperidine rings is 1. The van der Waals surface area contributed by atoms with E-state index in [1.807, 2.05) is 24.1 Å². The maximum absolute atomic E-state index is 12.7. The van der Waals surface area contributed by atoms with E-state index in [9.17, 15) is 4.79 Å². The Balaban J connectivity index is 1.59. The van der Waals surface area contributed by atoms with Crippen LogP contribution in [0, 0.1) is 0 Å². The fraction of sp³-hybridized carbons (Fsp3) is 0.650. The highest BCUT2D eigenvalue weighted by Gasteiger charge is 2.24. The fourth-order valence-electron chi connectivity index (χ4n) is 3.89. The van der Waals surface area contributed by atoms with Crippen LogP contribution in [0.2, 0.25) is 0 Å². The lowest BCUT2D eigenvalue weighted by molar-refractivity contribution is 0.0698. The molecule has 0 aliphatic carbocycles. The van der Waals surface area contributed by atoms with E-state index in [1.54, 1.807) is 0 Å². The molecular weight excluding hydrogens is 312 g/mol. The second-order valence-electron chi connectivity index (χ2n) is 7.54. The molecule has 0 aromatic heterocycles. The molecule has 1 atom stereocenters. The van der Waals surface area contributed by atoms with Crippen molar-refractivity contribution < 1.29 is 4.79 Å². The number of benzene rings is 1. The summed E-state index contributed by atoms with van der Waals surface area (Å²) in [6.45, 7) is 10.5. The highest BCUT2D eigenvalue weighted by Crippen LogP contribution is 2.20. The van der Waals surface area contributed by atoms with Crippen molar-refractivity contribution in [2.75, 3.05) is 51.2 Å². The van der Waals surface area contributed by atoms with Crippen LogP contribution in [0.25, 0.3) is 0 Å². The van der Waals surface area contributed by atoms with Gasteiger partial charge in [0.2, 0.25) is 0 Å². The Hall–Kier alpha value is -1.59. The average Bonchev–Trinajstić information content (AvgIpc) is 2.67. The summed E-state index contributed by atoms with van der Waals surface area (Å²) in [7, 11) is 1.98. The second-order valence-corrected chi connectivity index (χ2v) is 7.54. The van der Waals surface area contributed by atoms with E-state index < -0.39 is 0 Å². The smallest absolute Gasteiger partial charge is 0.253 e. The number of likely N-dealkylation sites (tertiary alicyclic amines) is 1. The van der Waals surface area contributed by atoms with Crippen molar-refractivity contribution >= 4 is 11.6 Å². The third-order valence-corrected chi connectivity index (χ3v) is 5.64. The van der Waals surface area contributed by atoms with Crippen LogP contribution in [0.4, 0.5) is 5.69 Å². The van der Waals surface area contributed by atoms with Crippen LogP contribution in [0.3, 0.4) is 0 Å². The molecule has 0 radical (unpaired) electrons. The molecule has 1 N–H and O–H groups in total. The van der Waals surface area contributed by atoms with Crippen LogP contribution >= 0.6 is 0 Å². The van der Waals surface area contributed by atoms with Crippen molar-refractivity contribution in [1.29, 1.82) is 0 Å². The number of anilines is 1. The monoisotopic (exact) mass is 344 g/mol. The lowest BCUT2D eigenvalue weighted by Gasteiger charge is -2.38. The molecule has 1 aromatic rings. The van der Waals surface area contributed by atoms with Gasteiger partial charge in [-0.3, -0.25) is 9.69 Å². The lowest BCUT2D eigenvalue weighted by atomic mass is 10.0. The van der Waals surface area contributed by atoms with Gasteiger partial charge >= 0.3 is 0 Å². The van der Waals surface area contributed by atoms with Gasteiger partial charge in [0.1, 0.15) is 0 Å². The predicted octanol–water partition coefficient (Wildman–Crippen LogP) is 2.04. The van der Waals surface area contributed by atoms with Gasteiger partial charge in [-0.05, 0) is 58.0 Å². The minimum Gasteiger partial charge on any atom is -0.369 e. The van der Waals surface area contributed by atoms with Gasteiger partial charge in [-0.15, -0.1) is 0 Å². The van der Waals surface area contributed by atoms with E-state index in [0.717, 1.165) is 57.7 Å². The van der Waals surface area contributed by atoms with Crippen molar-refractivity contribution in [3.8, 4) is 0 Å². The Morgan fingerprint density at radius 1 is 1.08 bits per heavy atom. The molecule has 2 aliphatic heterocycles. The summed E-state index contributed by atoms with van der Waals surface area (Å²) >= 11 is 0. The minimum absolute atomic E-state index is 0.163. The van der Waals surface area contributed by atoms with Gasteiger partial charge in [-0.1, -0.05) is 0 Å². The van der Waals surface area contributed by atoms with Crippen molar-refractivity contribution in [3.05, 3.63) is 29.8 Å². The van der Waals surface area contributed by atoms with Crippen LogP contribution in [-0.4, -0.2) is 74.1 Å². The maximum Gasteiger partial charge on any atom is 0.253 e. The molecule has 2 saturated heterocycles. The number of piperazine rings is 1. The molecule has 0 saturated carbocycles. The molecule has 0 spiro atoms. The third-order valence-electron chi connectivity index (χ3n) is 5.64. The Kier molecular flexibility index (Phi) is 5.97. The molecule has 2 heterocycles. The number of rotatable bonds is 4. The van der Waals surface area contributed by atoms with Gasteiger partial charge in [0.15, 0.2) is 0 Å². The highest BCUT2D eigenvalue weighted by molar-refractivity contribution is 5.94. The Bertz CT molecular complexity index is 564. The zero-order valence-electron chi connectivity index (χ0n) is 15.9. The largest absolute Gasteiger partial charge is 0.369 e. The molecule has 2 fully saturated rings. The third kappa shape index (κ3) is 4.33. The molecule has 1 amide bonds. The average molecular weight is 345 g/mol. The Labute approximate surface area is 152 Å². The molecular formula is C20H32N4O. The Morgan fingerprint density at radius 2 is 1.76 bits per heavy atom. The summed E-state index contributed by atoms with van der Waals surface area (Å²) in [5, 5.41) is 3.30. The van der Waals surface area contributed by atoms with E-state index in [0.29, 0.717) is 12.1 Å². The molecule has 138 valence electrons. The van der Waals surface area contributed by atoms with E-state index in [2.05, 4.69) is 41.1 Å². The number of likely N-dealkylation sites (N-methyl/N-ethyl adjacent to an activating group) is 1. The van der Waals surface area contributed by atoms with Crippen molar-refractivity contribution in [1.82, 2.24) is 15.1 Å². The summed E-state index contributed by atoms with van der Waals surface area (Å²) in [6, 6.07) is 9.25. The van der Waals surface area contributed by atoms with E-state index in [4.69, 9.17) is 0 Å². The van der Waals surface area contributed by atoms with Gasteiger partial charge < -0.3 is 15.1 Å². The van der Waals surface area contributed by atoms with Crippen LogP contribution in [0.15, 0.2) is 24.3 Å². The summed E-state index contributed by atoms with van der Waals surface area (Å²) in [5.41, 5.74) is 2.04. The minimum atomic E-state index is 0.163. The molecule has 2 aliphatic rings. The first-order valence-electron chi connectivity index (χ1n) is 9.64. The van der Waals surface area contributed by atoms with Crippen LogP contribution in [0.1, 0.15) is 37.0 Å². The quantitative estimate of drug-likeness (QED) is 0.907. The summed E-state index contributed by atoms with van der Waals surface area (Å²) < 4.78 is 0. The van der Waals surface area contributed by atoms with Crippen LogP contribution < -0.4 is 10.2 Å². The number of hydrogen-bond acceptors (Lipinski definition) is 4. The predicted molar refractivity (Wildman–Crippen MR) is 103 cm³/mol. The number of nitrogens with zero attached hydrogens (tertiary/aromatic N) is 3. The fourth-order valence-corrected chi connectivity index (χ4v) is 3.89. The molecule has 5 heteroatoms. The van der Waals surface area contributed by atoms with E-state index >= 15 is 0 Å². The number of carbonyl (C=O) groups excluding carboxylic acids is 1. The molecule has 3 rings (SSSR count). The van der Waals surface area contributed by atoms with Gasteiger partial charge in [0, 0.05) is 62.6 Å².